The summed E-state index contributed by atoms with van der Waals surface area (Å²) in [6, 6.07) is 29.5. The highest BCUT2D eigenvalue weighted by Gasteiger charge is 2.15. The van der Waals surface area contributed by atoms with Crippen molar-refractivity contribution in [3.63, 3.8) is 0 Å². The van der Waals surface area contributed by atoms with E-state index in [4.69, 9.17) is 0 Å². The first-order chi connectivity index (χ1) is 14.7. The number of fused-ring (bicyclic) bond motifs is 1. The van der Waals surface area contributed by atoms with E-state index in [9.17, 15) is 10.1 Å². The maximum Gasteiger partial charge on any atom is 0.267 e. The van der Waals surface area contributed by atoms with Crippen LogP contribution < -0.4 is 5.56 Å². The molecule has 0 unspecified atom stereocenters. The maximum absolute atomic E-state index is 12.6. The van der Waals surface area contributed by atoms with Crippen molar-refractivity contribution in [2.24, 2.45) is 0 Å². The van der Waals surface area contributed by atoms with E-state index in [1.54, 1.807) is 6.07 Å². The van der Waals surface area contributed by atoms with Gasteiger partial charge >= 0.3 is 0 Å². The summed E-state index contributed by atoms with van der Waals surface area (Å²) in [5, 5.41) is 9.55. The number of hydrogen-bond donors (Lipinski definition) is 2. The van der Waals surface area contributed by atoms with E-state index in [-0.39, 0.29) is 5.56 Å². The topological polar surface area (TPSA) is 85.3 Å². The van der Waals surface area contributed by atoms with Crippen molar-refractivity contribution in [2.45, 2.75) is 0 Å². The van der Waals surface area contributed by atoms with Crippen LogP contribution in [0.3, 0.4) is 0 Å². The van der Waals surface area contributed by atoms with Crippen LogP contribution in [-0.2, 0) is 0 Å². The van der Waals surface area contributed by atoms with E-state index in [0.717, 1.165) is 27.7 Å². The van der Waals surface area contributed by atoms with Gasteiger partial charge < -0.3 is 9.97 Å². The number of nitrogens with zero attached hydrogens (tertiary/aromatic N) is 2. The summed E-state index contributed by atoms with van der Waals surface area (Å²) in [4.78, 5) is 23.2. The summed E-state index contributed by atoms with van der Waals surface area (Å²) in [7, 11) is 0. The fourth-order valence-corrected chi connectivity index (χ4v) is 3.57. The van der Waals surface area contributed by atoms with E-state index in [0.29, 0.717) is 17.1 Å². The SMILES string of the molecule is N#Cc1c(-c2nc3ccccc3[nH]2)cc(-c2ccc(-c3ccccc3)cc2)[nH]c1=O. The quantitative estimate of drug-likeness (QED) is 0.450. The van der Waals surface area contributed by atoms with Crippen LogP contribution in [0.1, 0.15) is 5.56 Å². The minimum absolute atomic E-state index is 0.0405. The molecule has 0 radical (unpaired) electrons. The molecular formula is C25H16N4O. The van der Waals surface area contributed by atoms with Crippen LogP contribution in [0.25, 0.3) is 44.8 Å². The Balaban J connectivity index is 1.62. The molecule has 3 aromatic carbocycles. The van der Waals surface area contributed by atoms with Gasteiger partial charge in [-0.15, -0.1) is 0 Å². The van der Waals surface area contributed by atoms with Gasteiger partial charge in [-0.25, -0.2) is 4.98 Å². The molecule has 0 amide bonds. The average molecular weight is 388 g/mol. The standard InChI is InChI=1S/C25H16N4O/c26-15-20-19(24-27-21-8-4-5-9-22(21)28-24)14-23(29-25(20)30)18-12-10-17(11-13-18)16-6-2-1-3-7-16/h1-14H,(H,27,28)(H,29,30). The van der Waals surface area contributed by atoms with E-state index < -0.39 is 5.56 Å². The summed E-state index contributed by atoms with van der Waals surface area (Å²) >= 11 is 0. The van der Waals surface area contributed by atoms with Gasteiger partial charge in [0.05, 0.1) is 11.0 Å². The molecule has 142 valence electrons. The molecule has 30 heavy (non-hydrogen) atoms. The van der Waals surface area contributed by atoms with Crippen LogP contribution in [0, 0.1) is 11.3 Å². The highest BCUT2D eigenvalue weighted by Crippen LogP contribution is 2.28. The first kappa shape index (κ1) is 17.7. The summed E-state index contributed by atoms with van der Waals surface area (Å²) < 4.78 is 0. The van der Waals surface area contributed by atoms with Gasteiger partial charge in [-0.1, -0.05) is 66.7 Å². The normalized spacial score (nSPS) is 10.8. The lowest BCUT2D eigenvalue weighted by Crippen LogP contribution is -2.13. The Morgan fingerprint density at radius 2 is 1.43 bits per heavy atom. The Morgan fingerprint density at radius 3 is 2.17 bits per heavy atom. The molecule has 5 aromatic rings. The number of aromatic nitrogens is 3. The predicted molar refractivity (Wildman–Crippen MR) is 118 cm³/mol. The minimum Gasteiger partial charge on any atom is -0.338 e. The van der Waals surface area contributed by atoms with Crippen LogP contribution in [0.15, 0.2) is 89.7 Å². The van der Waals surface area contributed by atoms with Gasteiger partial charge in [0.1, 0.15) is 17.5 Å². The van der Waals surface area contributed by atoms with Gasteiger partial charge in [-0.3, -0.25) is 4.79 Å². The lowest BCUT2D eigenvalue weighted by Gasteiger charge is -2.07. The second kappa shape index (κ2) is 7.19. The molecule has 0 bridgehead atoms. The monoisotopic (exact) mass is 388 g/mol. The predicted octanol–water partition coefficient (Wildman–Crippen LogP) is 5.12. The van der Waals surface area contributed by atoms with Gasteiger partial charge in [0.2, 0.25) is 0 Å². The third kappa shape index (κ3) is 3.07. The third-order valence-corrected chi connectivity index (χ3v) is 5.09. The number of H-pyrrole nitrogens is 2. The molecule has 0 saturated heterocycles. The van der Waals surface area contributed by atoms with Crippen molar-refractivity contribution in [2.75, 3.05) is 0 Å². The van der Waals surface area contributed by atoms with Crippen LogP contribution in [0.5, 0.6) is 0 Å². The lowest BCUT2D eigenvalue weighted by atomic mass is 10.0. The summed E-state index contributed by atoms with van der Waals surface area (Å²) in [5.74, 6) is 0.501. The number of imidazole rings is 1. The Hall–Kier alpha value is -4.43. The van der Waals surface area contributed by atoms with Crippen molar-refractivity contribution >= 4 is 11.0 Å². The van der Waals surface area contributed by atoms with E-state index in [2.05, 4.69) is 27.1 Å². The summed E-state index contributed by atoms with van der Waals surface area (Å²) in [6.07, 6.45) is 0. The molecule has 0 fully saturated rings. The molecule has 0 aliphatic carbocycles. The second-order valence-electron chi connectivity index (χ2n) is 6.96. The molecule has 0 saturated carbocycles. The number of rotatable bonds is 3. The fraction of sp³-hybridized carbons (Fsp3) is 0. The van der Waals surface area contributed by atoms with Gasteiger partial charge in [0.25, 0.3) is 5.56 Å². The first-order valence-corrected chi connectivity index (χ1v) is 9.51. The average Bonchev–Trinajstić information content (AvgIpc) is 3.23. The molecule has 2 aromatic heterocycles. The number of nitrogens with one attached hydrogen (secondary N) is 2. The van der Waals surface area contributed by atoms with Crippen molar-refractivity contribution < 1.29 is 0 Å². The molecule has 5 heteroatoms. The van der Waals surface area contributed by atoms with Crippen LogP contribution in [-0.4, -0.2) is 15.0 Å². The fourth-order valence-electron chi connectivity index (χ4n) is 3.57. The zero-order valence-corrected chi connectivity index (χ0v) is 15.9. The maximum atomic E-state index is 12.6. The van der Waals surface area contributed by atoms with E-state index in [1.807, 2.05) is 72.8 Å². The Morgan fingerprint density at radius 1 is 0.767 bits per heavy atom. The van der Waals surface area contributed by atoms with E-state index >= 15 is 0 Å². The smallest absolute Gasteiger partial charge is 0.267 e. The van der Waals surface area contributed by atoms with Gasteiger partial charge in [-0.05, 0) is 34.9 Å². The van der Waals surface area contributed by atoms with Gasteiger partial charge in [-0.2, -0.15) is 5.26 Å². The van der Waals surface area contributed by atoms with E-state index in [1.165, 1.54) is 0 Å². The van der Waals surface area contributed by atoms with Crippen molar-refractivity contribution in [1.29, 1.82) is 5.26 Å². The van der Waals surface area contributed by atoms with Gasteiger partial charge in [0, 0.05) is 11.3 Å². The lowest BCUT2D eigenvalue weighted by molar-refractivity contribution is 1.20. The summed E-state index contributed by atoms with van der Waals surface area (Å²) in [5.41, 5.74) is 5.43. The number of para-hydroxylation sites is 2. The third-order valence-electron chi connectivity index (χ3n) is 5.09. The molecular weight excluding hydrogens is 372 g/mol. The van der Waals surface area contributed by atoms with Crippen LogP contribution in [0.2, 0.25) is 0 Å². The molecule has 5 rings (SSSR count). The van der Waals surface area contributed by atoms with Crippen LogP contribution in [0.4, 0.5) is 0 Å². The zero-order valence-electron chi connectivity index (χ0n) is 15.9. The van der Waals surface area contributed by atoms with Crippen LogP contribution >= 0.6 is 0 Å². The molecule has 5 nitrogen and oxygen atoms in total. The number of nitriles is 1. The minimum atomic E-state index is -0.433. The second-order valence-corrected chi connectivity index (χ2v) is 6.96. The Bertz CT molecular complexity index is 1420. The summed E-state index contributed by atoms with van der Waals surface area (Å²) in [6.45, 7) is 0. The number of benzene rings is 3. The highest BCUT2D eigenvalue weighted by molar-refractivity contribution is 5.81. The molecule has 0 atom stereocenters. The molecule has 2 N–H and O–H groups in total. The number of pyridine rings is 1. The highest BCUT2D eigenvalue weighted by atomic mass is 16.1. The largest absolute Gasteiger partial charge is 0.338 e. The van der Waals surface area contributed by atoms with Crippen molar-refractivity contribution in [3.05, 3.63) is 101 Å². The molecule has 2 heterocycles. The van der Waals surface area contributed by atoms with Crippen molar-refractivity contribution in [3.8, 4) is 39.8 Å². The zero-order chi connectivity index (χ0) is 20.5. The van der Waals surface area contributed by atoms with Gasteiger partial charge in [0.15, 0.2) is 0 Å². The number of aromatic amines is 2. The molecule has 0 spiro atoms. The number of hydrogen-bond acceptors (Lipinski definition) is 3. The molecule has 0 aliphatic heterocycles. The first-order valence-electron chi connectivity index (χ1n) is 9.51. The Labute approximate surface area is 172 Å². The van der Waals surface area contributed by atoms with Crippen molar-refractivity contribution in [1.82, 2.24) is 15.0 Å². The molecule has 0 aliphatic rings. The Kier molecular flexibility index (Phi) is 4.23.